The van der Waals surface area contributed by atoms with Gasteiger partial charge in [-0.2, -0.15) is 4.68 Å². The quantitative estimate of drug-likeness (QED) is 0.685. The Kier molecular flexibility index (Phi) is 5.61. The van der Waals surface area contributed by atoms with Gasteiger partial charge in [0.1, 0.15) is 12.6 Å². The Morgan fingerprint density at radius 1 is 1.10 bits per heavy atom. The van der Waals surface area contributed by atoms with Crippen LogP contribution in [0.25, 0.3) is 5.70 Å². The maximum Gasteiger partial charge on any atom is 0.251 e. The highest BCUT2D eigenvalue weighted by Crippen LogP contribution is 2.35. The third-order valence-electron chi connectivity index (χ3n) is 5.08. The van der Waals surface area contributed by atoms with Crippen LogP contribution in [0.1, 0.15) is 36.6 Å². The largest absolute Gasteiger partial charge is 0.354 e. The fourth-order valence-electron chi connectivity index (χ4n) is 3.50. The summed E-state index contributed by atoms with van der Waals surface area (Å²) in [5, 5.41) is 15.4. The number of anilines is 1. The number of nitrogens with zero attached hydrogens (tertiary/aromatic N) is 5. The van der Waals surface area contributed by atoms with E-state index in [1.165, 1.54) is 5.56 Å². The summed E-state index contributed by atoms with van der Waals surface area (Å²) in [5.41, 5.74) is 4.22. The number of fused-ring (bicyclic) bond motifs is 1. The monoisotopic (exact) mass is 402 g/mol. The second-order valence-corrected chi connectivity index (χ2v) is 7.98. The molecule has 0 saturated carbocycles. The van der Waals surface area contributed by atoms with Gasteiger partial charge in [-0.05, 0) is 40.5 Å². The van der Waals surface area contributed by atoms with Gasteiger partial charge in [-0.1, -0.05) is 79.1 Å². The van der Waals surface area contributed by atoms with Crippen molar-refractivity contribution < 1.29 is 4.79 Å². The van der Waals surface area contributed by atoms with Crippen LogP contribution in [0.15, 0.2) is 60.7 Å². The number of aromatic nitrogens is 4. The first-order chi connectivity index (χ1) is 14.5. The average molecular weight is 403 g/mol. The van der Waals surface area contributed by atoms with E-state index in [0.29, 0.717) is 18.4 Å². The van der Waals surface area contributed by atoms with Gasteiger partial charge in [0.25, 0.3) is 5.95 Å². The fraction of sp³-hybridized carbons (Fsp3) is 0.304. The van der Waals surface area contributed by atoms with Crippen LogP contribution in [0.2, 0.25) is 0 Å². The van der Waals surface area contributed by atoms with Gasteiger partial charge in [-0.3, -0.25) is 9.69 Å². The normalized spacial score (nSPS) is 15.7. The number of nitrogens with one attached hydrogen (secondary N) is 1. The molecule has 3 aromatic rings. The van der Waals surface area contributed by atoms with E-state index < -0.39 is 0 Å². The predicted molar refractivity (Wildman–Crippen MR) is 117 cm³/mol. The molecular formula is C23H26N6O. The number of carbonyl (C=O) groups is 1. The summed E-state index contributed by atoms with van der Waals surface area (Å²) in [6, 6.07) is 18.2. The van der Waals surface area contributed by atoms with E-state index in [4.69, 9.17) is 0 Å². The molecular weight excluding hydrogens is 376 g/mol. The molecule has 0 radical (unpaired) electrons. The number of hydrogen-bond acceptors (Lipinski definition) is 5. The molecule has 0 aliphatic carbocycles. The Bertz CT molecular complexity index is 1040. The Hall–Kier alpha value is -3.48. The van der Waals surface area contributed by atoms with Crippen molar-refractivity contribution in [3.05, 3.63) is 77.4 Å². The summed E-state index contributed by atoms with van der Waals surface area (Å²) < 4.78 is 1.77. The smallest absolute Gasteiger partial charge is 0.251 e. The summed E-state index contributed by atoms with van der Waals surface area (Å²) in [4.78, 5) is 14.5. The number of hydrogen-bond donors (Lipinski definition) is 1. The van der Waals surface area contributed by atoms with Gasteiger partial charge in [-0.25, -0.2) is 0 Å². The van der Waals surface area contributed by atoms with Crippen LogP contribution in [0, 0.1) is 12.8 Å². The van der Waals surface area contributed by atoms with Crippen LogP contribution in [-0.2, 0) is 4.79 Å². The van der Waals surface area contributed by atoms with Crippen molar-refractivity contribution in [3.63, 3.8) is 0 Å². The van der Waals surface area contributed by atoms with Crippen molar-refractivity contribution in [2.45, 2.75) is 26.8 Å². The van der Waals surface area contributed by atoms with E-state index in [0.717, 1.165) is 16.8 Å². The van der Waals surface area contributed by atoms with Crippen molar-refractivity contribution in [1.29, 1.82) is 0 Å². The van der Waals surface area contributed by atoms with Gasteiger partial charge in [0.2, 0.25) is 5.91 Å². The molecule has 1 aliphatic heterocycles. The van der Waals surface area contributed by atoms with E-state index >= 15 is 0 Å². The van der Waals surface area contributed by atoms with Gasteiger partial charge >= 0.3 is 0 Å². The Morgan fingerprint density at radius 3 is 2.53 bits per heavy atom. The molecule has 154 valence electrons. The molecule has 2 heterocycles. The Morgan fingerprint density at radius 2 is 1.83 bits per heavy atom. The first-order valence-corrected chi connectivity index (χ1v) is 10.2. The maximum absolute atomic E-state index is 12.7. The van der Waals surface area contributed by atoms with Crippen molar-refractivity contribution in [2.24, 2.45) is 5.92 Å². The maximum atomic E-state index is 12.7. The lowest BCUT2D eigenvalue weighted by atomic mass is 10.00. The molecule has 4 rings (SSSR count). The SMILES string of the molecule is Cc1ccc([C@@H]2C=C(c3ccccc3)N(CC(=O)NCC(C)C)c3nnnn32)cc1. The molecule has 1 N–H and O–H groups in total. The summed E-state index contributed by atoms with van der Waals surface area (Å²) in [5.74, 6) is 0.881. The lowest BCUT2D eigenvalue weighted by molar-refractivity contribution is -0.119. The molecule has 0 bridgehead atoms. The number of allylic oxidation sites excluding steroid dienone is 1. The van der Waals surface area contributed by atoms with E-state index in [2.05, 4.69) is 72.0 Å². The average Bonchev–Trinajstić information content (AvgIpc) is 3.24. The fourth-order valence-corrected chi connectivity index (χ4v) is 3.50. The number of benzene rings is 2. The molecule has 7 heteroatoms. The van der Waals surface area contributed by atoms with Crippen LogP contribution < -0.4 is 10.2 Å². The lowest BCUT2D eigenvalue weighted by Crippen LogP contribution is -2.41. The molecule has 1 amide bonds. The molecule has 7 nitrogen and oxygen atoms in total. The van der Waals surface area contributed by atoms with Crippen molar-refractivity contribution in [2.75, 3.05) is 18.0 Å². The summed E-state index contributed by atoms with van der Waals surface area (Å²) in [6.07, 6.45) is 2.12. The molecule has 2 aromatic carbocycles. The third kappa shape index (κ3) is 4.10. The van der Waals surface area contributed by atoms with Crippen molar-refractivity contribution in [1.82, 2.24) is 25.5 Å². The molecule has 0 saturated heterocycles. The number of carbonyl (C=O) groups excluding carboxylic acids is 1. The highest BCUT2D eigenvalue weighted by molar-refractivity contribution is 5.89. The second kappa shape index (κ2) is 8.49. The molecule has 1 aromatic heterocycles. The summed E-state index contributed by atoms with van der Waals surface area (Å²) in [6.45, 7) is 6.99. The van der Waals surface area contributed by atoms with E-state index in [1.807, 2.05) is 35.2 Å². The second-order valence-electron chi connectivity index (χ2n) is 7.98. The zero-order chi connectivity index (χ0) is 21.1. The van der Waals surface area contributed by atoms with Crippen LogP contribution >= 0.6 is 0 Å². The van der Waals surface area contributed by atoms with Crippen LogP contribution in [-0.4, -0.2) is 39.2 Å². The van der Waals surface area contributed by atoms with Gasteiger partial charge < -0.3 is 5.32 Å². The van der Waals surface area contributed by atoms with Crippen LogP contribution in [0.4, 0.5) is 5.95 Å². The van der Waals surface area contributed by atoms with Crippen molar-refractivity contribution >= 4 is 17.6 Å². The summed E-state index contributed by atoms with van der Waals surface area (Å²) in [7, 11) is 0. The first-order valence-electron chi connectivity index (χ1n) is 10.2. The number of aryl methyl sites for hydroxylation is 1. The lowest BCUT2D eigenvalue weighted by Gasteiger charge is -2.32. The number of amides is 1. The van der Waals surface area contributed by atoms with E-state index in [1.54, 1.807) is 4.68 Å². The minimum absolute atomic E-state index is 0.0612. The third-order valence-corrected chi connectivity index (χ3v) is 5.08. The van der Waals surface area contributed by atoms with Gasteiger partial charge in [0.15, 0.2) is 0 Å². The molecule has 1 atom stereocenters. The van der Waals surface area contributed by atoms with Crippen LogP contribution in [0.3, 0.4) is 0 Å². The zero-order valence-electron chi connectivity index (χ0n) is 17.5. The predicted octanol–water partition coefficient (Wildman–Crippen LogP) is 3.20. The summed E-state index contributed by atoms with van der Waals surface area (Å²) >= 11 is 0. The number of rotatable bonds is 6. The van der Waals surface area contributed by atoms with Gasteiger partial charge in [-0.15, -0.1) is 0 Å². The van der Waals surface area contributed by atoms with Gasteiger partial charge in [0, 0.05) is 6.54 Å². The van der Waals surface area contributed by atoms with Gasteiger partial charge in [0.05, 0.1) is 5.70 Å². The molecule has 0 fully saturated rings. The van der Waals surface area contributed by atoms with E-state index in [9.17, 15) is 4.79 Å². The van der Waals surface area contributed by atoms with E-state index in [-0.39, 0.29) is 18.5 Å². The topological polar surface area (TPSA) is 75.9 Å². The first kappa shape index (κ1) is 19.8. The number of tetrazole rings is 1. The minimum Gasteiger partial charge on any atom is -0.354 e. The Balaban J connectivity index is 1.75. The zero-order valence-corrected chi connectivity index (χ0v) is 17.5. The molecule has 0 unspecified atom stereocenters. The molecule has 0 spiro atoms. The molecule has 30 heavy (non-hydrogen) atoms. The Labute approximate surface area is 176 Å². The molecule has 1 aliphatic rings. The standard InChI is InChI=1S/C23H26N6O/c1-16(2)14-24-22(30)15-28-20(18-7-5-4-6-8-18)13-21(29-23(28)25-26-27-29)19-11-9-17(3)10-12-19/h4-13,16,21H,14-15H2,1-3H3,(H,24,30)/t21-/m0/s1. The highest BCUT2D eigenvalue weighted by atomic mass is 16.2. The highest BCUT2D eigenvalue weighted by Gasteiger charge is 2.31. The van der Waals surface area contributed by atoms with Crippen LogP contribution in [0.5, 0.6) is 0 Å². The van der Waals surface area contributed by atoms with Crippen molar-refractivity contribution in [3.8, 4) is 0 Å². The minimum atomic E-state index is -0.152.